The molecule has 2 aromatic carbocycles. The molecule has 2 aromatic rings. The molecule has 2 atom stereocenters. The molecule has 144 valence electrons. The number of hydrogen-bond donors (Lipinski definition) is 1. The Morgan fingerprint density at radius 1 is 1.04 bits per heavy atom. The Bertz CT molecular complexity index is 722. The third kappa shape index (κ3) is 5.25. The van der Waals surface area contributed by atoms with Crippen molar-refractivity contribution in [2.24, 2.45) is 5.92 Å². The molecule has 0 aromatic heterocycles. The molecule has 0 bridgehead atoms. The lowest BCUT2D eigenvalue weighted by atomic mass is 9.98. The van der Waals surface area contributed by atoms with Gasteiger partial charge in [-0.25, -0.2) is 0 Å². The quantitative estimate of drug-likeness (QED) is 0.814. The van der Waals surface area contributed by atoms with Crippen LogP contribution < -0.4 is 15.0 Å². The van der Waals surface area contributed by atoms with Gasteiger partial charge in [-0.05, 0) is 62.4 Å². The molecule has 1 aliphatic heterocycles. The molecule has 3 rings (SSSR count). The summed E-state index contributed by atoms with van der Waals surface area (Å²) >= 11 is 0. The van der Waals surface area contributed by atoms with Gasteiger partial charge in [0.2, 0.25) is 0 Å². The van der Waals surface area contributed by atoms with Gasteiger partial charge in [0.1, 0.15) is 5.75 Å². The Morgan fingerprint density at radius 2 is 1.67 bits per heavy atom. The van der Waals surface area contributed by atoms with Crippen molar-refractivity contribution < 1.29 is 9.53 Å². The van der Waals surface area contributed by atoms with E-state index in [0.29, 0.717) is 5.75 Å². The predicted octanol–water partition coefficient (Wildman–Crippen LogP) is 4.57. The molecule has 1 N–H and O–H groups in total. The second-order valence-electron chi connectivity index (χ2n) is 7.56. The number of nitrogens with zero attached hydrogens (tertiary/aromatic N) is 1. The number of carbonyl (C=O) groups is 1. The molecule has 1 fully saturated rings. The van der Waals surface area contributed by atoms with E-state index < -0.39 is 6.10 Å². The van der Waals surface area contributed by atoms with Crippen molar-refractivity contribution in [3.63, 3.8) is 0 Å². The molecule has 0 radical (unpaired) electrons. The van der Waals surface area contributed by atoms with Gasteiger partial charge in [0.25, 0.3) is 5.91 Å². The summed E-state index contributed by atoms with van der Waals surface area (Å²) in [5.41, 5.74) is 2.37. The molecule has 4 heteroatoms. The summed E-state index contributed by atoms with van der Waals surface area (Å²) in [5, 5.41) is 3.04. The lowest BCUT2D eigenvalue weighted by molar-refractivity contribution is -0.127. The van der Waals surface area contributed by atoms with Crippen LogP contribution in [-0.2, 0) is 4.79 Å². The smallest absolute Gasteiger partial charge is 0.261 e. The third-order valence-corrected chi connectivity index (χ3v) is 5.33. The zero-order chi connectivity index (χ0) is 19.2. The van der Waals surface area contributed by atoms with E-state index >= 15 is 0 Å². The van der Waals surface area contributed by atoms with Gasteiger partial charge in [-0.3, -0.25) is 4.79 Å². The van der Waals surface area contributed by atoms with Crippen LogP contribution in [0.15, 0.2) is 54.6 Å². The molecule has 1 aliphatic rings. The van der Waals surface area contributed by atoms with Crippen LogP contribution in [0.3, 0.4) is 0 Å². The molecule has 1 amide bonds. The Balaban J connectivity index is 1.54. The average molecular weight is 367 g/mol. The number of hydrogen-bond acceptors (Lipinski definition) is 3. The number of piperidine rings is 1. The van der Waals surface area contributed by atoms with Crippen molar-refractivity contribution in [1.29, 1.82) is 0 Å². The van der Waals surface area contributed by atoms with Gasteiger partial charge < -0.3 is 15.0 Å². The number of para-hydroxylation sites is 1. The second-order valence-corrected chi connectivity index (χ2v) is 7.56. The Hall–Kier alpha value is -2.49. The fourth-order valence-electron chi connectivity index (χ4n) is 3.41. The Labute approximate surface area is 162 Å². The first-order valence-electron chi connectivity index (χ1n) is 9.90. The minimum absolute atomic E-state index is 0.0604. The first-order chi connectivity index (χ1) is 13.0. The van der Waals surface area contributed by atoms with Crippen molar-refractivity contribution in [2.45, 2.75) is 45.8 Å². The standard InChI is InChI=1S/C23H30N2O2/c1-17-13-15-25(16-14-17)21-11-9-20(10-12-21)18(2)24-23(26)19(3)27-22-7-5-4-6-8-22/h4-12,17-19H,13-16H2,1-3H3,(H,24,26)/t18-,19+/m1/s1. The number of rotatable bonds is 6. The number of ether oxygens (including phenoxy) is 1. The van der Waals surface area contributed by atoms with Gasteiger partial charge in [0.05, 0.1) is 6.04 Å². The van der Waals surface area contributed by atoms with Crippen LogP contribution >= 0.6 is 0 Å². The summed E-state index contributed by atoms with van der Waals surface area (Å²) in [6, 6.07) is 17.9. The van der Waals surface area contributed by atoms with Gasteiger partial charge in [-0.1, -0.05) is 37.3 Å². The van der Waals surface area contributed by atoms with E-state index in [1.807, 2.05) is 37.3 Å². The van der Waals surface area contributed by atoms with E-state index in [2.05, 4.69) is 41.4 Å². The van der Waals surface area contributed by atoms with Crippen LogP contribution in [0, 0.1) is 5.92 Å². The highest BCUT2D eigenvalue weighted by Gasteiger charge is 2.19. The highest BCUT2D eigenvalue weighted by molar-refractivity contribution is 5.81. The fourth-order valence-corrected chi connectivity index (χ4v) is 3.41. The zero-order valence-electron chi connectivity index (χ0n) is 16.5. The molecule has 0 unspecified atom stereocenters. The van der Waals surface area contributed by atoms with Crippen LogP contribution in [0.1, 0.15) is 45.2 Å². The predicted molar refractivity (Wildman–Crippen MR) is 110 cm³/mol. The Kier molecular flexibility index (Phi) is 6.38. The maximum atomic E-state index is 12.4. The summed E-state index contributed by atoms with van der Waals surface area (Å²) in [6.45, 7) is 8.36. The average Bonchev–Trinajstić information content (AvgIpc) is 2.69. The first kappa shape index (κ1) is 19.3. The molecule has 1 saturated heterocycles. The lowest BCUT2D eigenvalue weighted by Crippen LogP contribution is -2.37. The third-order valence-electron chi connectivity index (χ3n) is 5.33. The van der Waals surface area contributed by atoms with Gasteiger partial charge >= 0.3 is 0 Å². The minimum atomic E-state index is -0.538. The van der Waals surface area contributed by atoms with Crippen molar-refractivity contribution in [1.82, 2.24) is 5.32 Å². The maximum Gasteiger partial charge on any atom is 0.261 e. The van der Waals surface area contributed by atoms with Gasteiger partial charge in [-0.15, -0.1) is 0 Å². The molecule has 1 heterocycles. The van der Waals surface area contributed by atoms with E-state index in [9.17, 15) is 4.79 Å². The van der Waals surface area contributed by atoms with Crippen molar-refractivity contribution in [3.05, 3.63) is 60.2 Å². The highest BCUT2D eigenvalue weighted by atomic mass is 16.5. The number of carbonyl (C=O) groups excluding carboxylic acids is 1. The van der Waals surface area contributed by atoms with E-state index in [-0.39, 0.29) is 11.9 Å². The molecule has 0 aliphatic carbocycles. The van der Waals surface area contributed by atoms with Crippen LogP contribution in [-0.4, -0.2) is 25.1 Å². The van der Waals surface area contributed by atoms with Crippen LogP contribution in [0.25, 0.3) is 0 Å². The van der Waals surface area contributed by atoms with Gasteiger partial charge in [0, 0.05) is 18.8 Å². The maximum absolute atomic E-state index is 12.4. The Morgan fingerprint density at radius 3 is 2.30 bits per heavy atom. The monoisotopic (exact) mass is 366 g/mol. The molecular weight excluding hydrogens is 336 g/mol. The number of nitrogens with one attached hydrogen (secondary N) is 1. The molecular formula is C23H30N2O2. The molecule has 0 spiro atoms. The summed E-state index contributed by atoms with van der Waals surface area (Å²) in [4.78, 5) is 14.9. The van der Waals surface area contributed by atoms with Crippen LogP contribution in [0.5, 0.6) is 5.75 Å². The largest absolute Gasteiger partial charge is 0.481 e. The molecule has 0 saturated carbocycles. The van der Waals surface area contributed by atoms with Crippen LogP contribution in [0.2, 0.25) is 0 Å². The second kappa shape index (κ2) is 8.94. The van der Waals surface area contributed by atoms with Crippen molar-refractivity contribution in [2.75, 3.05) is 18.0 Å². The summed E-state index contributed by atoms with van der Waals surface area (Å²) in [5.74, 6) is 1.42. The SMILES string of the molecule is CC1CCN(c2ccc([C@@H](C)NC(=O)[C@H](C)Oc3ccccc3)cc2)CC1. The first-order valence-corrected chi connectivity index (χ1v) is 9.90. The minimum Gasteiger partial charge on any atom is -0.481 e. The molecule has 4 nitrogen and oxygen atoms in total. The van der Waals surface area contributed by atoms with E-state index in [0.717, 1.165) is 24.6 Å². The van der Waals surface area contributed by atoms with Gasteiger partial charge in [0.15, 0.2) is 6.10 Å². The van der Waals surface area contributed by atoms with Crippen LogP contribution in [0.4, 0.5) is 5.69 Å². The molecule has 27 heavy (non-hydrogen) atoms. The van der Waals surface area contributed by atoms with E-state index in [4.69, 9.17) is 4.74 Å². The van der Waals surface area contributed by atoms with Crippen molar-refractivity contribution >= 4 is 11.6 Å². The van der Waals surface area contributed by atoms with Gasteiger partial charge in [-0.2, -0.15) is 0 Å². The highest BCUT2D eigenvalue weighted by Crippen LogP contribution is 2.24. The summed E-state index contributed by atoms with van der Waals surface area (Å²) in [6.07, 6.45) is 1.98. The summed E-state index contributed by atoms with van der Waals surface area (Å²) < 4.78 is 5.70. The normalized spacial score (nSPS) is 17.2. The number of amides is 1. The van der Waals surface area contributed by atoms with E-state index in [1.165, 1.54) is 18.5 Å². The zero-order valence-corrected chi connectivity index (χ0v) is 16.5. The summed E-state index contributed by atoms with van der Waals surface area (Å²) in [7, 11) is 0. The number of anilines is 1. The topological polar surface area (TPSA) is 41.6 Å². The lowest BCUT2D eigenvalue weighted by Gasteiger charge is -2.32. The van der Waals surface area contributed by atoms with Crippen molar-refractivity contribution in [3.8, 4) is 5.75 Å². The van der Waals surface area contributed by atoms with E-state index in [1.54, 1.807) is 6.92 Å². The number of benzene rings is 2. The fraction of sp³-hybridized carbons (Fsp3) is 0.435.